The topological polar surface area (TPSA) is 90.7 Å². The number of nitro benzene ring substituents is 1. The maximum Gasteiger partial charge on any atom is 0.340 e. The second-order valence-corrected chi connectivity index (χ2v) is 6.44. The maximum atomic E-state index is 14.5. The van der Waals surface area contributed by atoms with Crippen molar-refractivity contribution in [1.82, 2.24) is 0 Å². The van der Waals surface area contributed by atoms with Crippen molar-refractivity contribution >= 4 is 17.3 Å². The Balaban J connectivity index is 1.85. The SMILES string of the molecule is CCOC(=O)c1cc([N+](=O)[O-])cc(F)c1NC1CCOC(C2CC2)C1. The summed E-state index contributed by atoms with van der Waals surface area (Å²) in [5.41, 5.74) is -0.664. The van der Waals surface area contributed by atoms with Gasteiger partial charge in [0.1, 0.15) is 0 Å². The summed E-state index contributed by atoms with van der Waals surface area (Å²) < 4.78 is 25.2. The summed E-state index contributed by atoms with van der Waals surface area (Å²) in [4.78, 5) is 22.4. The first-order valence-electron chi connectivity index (χ1n) is 8.52. The van der Waals surface area contributed by atoms with Crippen LogP contribution >= 0.6 is 0 Å². The second-order valence-electron chi connectivity index (χ2n) is 6.44. The fourth-order valence-corrected chi connectivity index (χ4v) is 3.17. The Morgan fingerprint density at radius 2 is 2.20 bits per heavy atom. The van der Waals surface area contributed by atoms with E-state index in [-0.39, 0.29) is 30.0 Å². The van der Waals surface area contributed by atoms with Crippen molar-refractivity contribution in [2.75, 3.05) is 18.5 Å². The molecular weight excluding hydrogens is 331 g/mol. The third-order valence-corrected chi connectivity index (χ3v) is 4.59. The number of benzene rings is 1. The predicted molar refractivity (Wildman–Crippen MR) is 88.1 cm³/mol. The lowest BCUT2D eigenvalue weighted by atomic mass is 9.99. The van der Waals surface area contributed by atoms with Crippen LogP contribution in [0.4, 0.5) is 15.8 Å². The molecule has 1 aliphatic heterocycles. The Labute approximate surface area is 144 Å². The van der Waals surface area contributed by atoms with Gasteiger partial charge >= 0.3 is 5.97 Å². The van der Waals surface area contributed by atoms with Crippen molar-refractivity contribution in [3.05, 3.63) is 33.6 Å². The van der Waals surface area contributed by atoms with Crippen LogP contribution in [0.3, 0.4) is 0 Å². The number of nitrogens with one attached hydrogen (secondary N) is 1. The normalized spacial score (nSPS) is 23.1. The van der Waals surface area contributed by atoms with E-state index < -0.39 is 22.4 Å². The van der Waals surface area contributed by atoms with Crippen molar-refractivity contribution in [2.45, 2.75) is 44.8 Å². The Hall–Kier alpha value is -2.22. The highest BCUT2D eigenvalue weighted by molar-refractivity contribution is 5.96. The summed E-state index contributed by atoms with van der Waals surface area (Å²) in [6, 6.07) is 1.83. The van der Waals surface area contributed by atoms with E-state index in [1.807, 2.05) is 0 Å². The Morgan fingerprint density at radius 3 is 2.84 bits per heavy atom. The third-order valence-electron chi connectivity index (χ3n) is 4.59. The first-order valence-corrected chi connectivity index (χ1v) is 8.52. The van der Waals surface area contributed by atoms with Gasteiger partial charge in [-0.25, -0.2) is 9.18 Å². The highest BCUT2D eigenvalue weighted by atomic mass is 19.1. The molecular formula is C17H21FN2O5. The van der Waals surface area contributed by atoms with Crippen molar-refractivity contribution < 1.29 is 23.6 Å². The number of nitro groups is 1. The minimum atomic E-state index is -0.827. The van der Waals surface area contributed by atoms with Gasteiger partial charge in [0, 0.05) is 18.7 Å². The minimum absolute atomic E-state index is 0.0366. The van der Waals surface area contributed by atoms with E-state index in [9.17, 15) is 19.3 Å². The number of carbonyl (C=O) groups excluding carboxylic acids is 1. The molecule has 2 fully saturated rings. The Morgan fingerprint density at radius 1 is 1.44 bits per heavy atom. The van der Waals surface area contributed by atoms with Gasteiger partial charge < -0.3 is 14.8 Å². The zero-order valence-corrected chi connectivity index (χ0v) is 14.0. The molecule has 1 aromatic rings. The number of nitrogens with zero attached hydrogens (tertiary/aromatic N) is 1. The Kier molecular flexibility index (Phi) is 5.17. The lowest BCUT2D eigenvalue weighted by Crippen LogP contribution is -2.35. The minimum Gasteiger partial charge on any atom is -0.462 e. The molecule has 0 amide bonds. The molecule has 7 nitrogen and oxygen atoms in total. The maximum absolute atomic E-state index is 14.5. The van der Waals surface area contributed by atoms with Gasteiger partial charge in [-0.2, -0.15) is 0 Å². The van der Waals surface area contributed by atoms with Gasteiger partial charge in [0.05, 0.1) is 35.0 Å². The molecule has 25 heavy (non-hydrogen) atoms. The molecule has 3 rings (SSSR count). The van der Waals surface area contributed by atoms with Crippen LogP contribution in [-0.2, 0) is 9.47 Å². The predicted octanol–water partition coefficient (Wildman–Crippen LogP) is 3.28. The largest absolute Gasteiger partial charge is 0.462 e. The molecule has 1 aliphatic carbocycles. The number of hydrogen-bond acceptors (Lipinski definition) is 6. The van der Waals surface area contributed by atoms with E-state index in [2.05, 4.69) is 5.32 Å². The average Bonchev–Trinajstić information content (AvgIpc) is 3.41. The highest BCUT2D eigenvalue weighted by Crippen LogP contribution is 2.39. The van der Waals surface area contributed by atoms with Crippen LogP contribution in [0.5, 0.6) is 0 Å². The van der Waals surface area contributed by atoms with Gasteiger partial charge in [0.2, 0.25) is 0 Å². The van der Waals surface area contributed by atoms with Gasteiger partial charge in [-0.05, 0) is 38.5 Å². The molecule has 2 aliphatic rings. The van der Waals surface area contributed by atoms with Crippen LogP contribution in [0.15, 0.2) is 12.1 Å². The molecule has 1 N–H and O–H groups in total. The molecule has 0 radical (unpaired) electrons. The number of non-ortho nitro benzene ring substituents is 1. The lowest BCUT2D eigenvalue weighted by molar-refractivity contribution is -0.385. The van der Waals surface area contributed by atoms with Crippen LogP contribution in [0.2, 0.25) is 0 Å². The molecule has 0 aromatic heterocycles. The molecule has 8 heteroatoms. The molecule has 2 atom stereocenters. The molecule has 1 saturated carbocycles. The second kappa shape index (κ2) is 7.35. The first-order chi connectivity index (χ1) is 12.0. The summed E-state index contributed by atoms with van der Waals surface area (Å²) in [6.45, 7) is 2.29. The molecule has 136 valence electrons. The number of anilines is 1. The zero-order chi connectivity index (χ0) is 18.0. The summed E-state index contributed by atoms with van der Waals surface area (Å²) >= 11 is 0. The summed E-state index contributed by atoms with van der Waals surface area (Å²) in [6.07, 6.45) is 3.86. The van der Waals surface area contributed by atoms with Crippen molar-refractivity contribution in [3.63, 3.8) is 0 Å². The van der Waals surface area contributed by atoms with E-state index >= 15 is 0 Å². The van der Waals surface area contributed by atoms with Crippen LogP contribution in [0.25, 0.3) is 0 Å². The van der Waals surface area contributed by atoms with Crippen LogP contribution < -0.4 is 5.32 Å². The van der Waals surface area contributed by atoms with Gasteiger partial charge in [-0.3, -0.25) is 10.1 Å². The van der Waals surface area contributed by atoms with E-state index in [1.54, 1.807) is 6.92 Å². The fraction of sp³-hybridized carbons (Fsp3) is 0.588. The molecule has 0 bridgehead atoms. The number of esters is 1. The van der Waals surface area contributed by atoms with E-state index in [0.29, 0.717) is 18.9 Å². The molecule has 1 aromatic carbocycles. The molecule has 2 unspecified atom stereocenters. The Bertz CT molecular complexity index is 677. The van der Waals surface area contributed by atoms with Crippen LogP contribution in [0.1, 0.15) is 43.0 Å². The van der Waals surface area contributed by atoms with Crippen molar-refractivity contribution in [1.29, 1.82) is 0 Å². The lowest BCUT2D eigenvalue weighted by Gasteiger charge is -2.31. The highest BCUT2D eigenvalue weighted by Gasteiger charge is 2.36. The summed E-state index contributed by atoms with van der Waals surface area (Å²) in [7, 11) is 0. The number of hydrogen-bond donors (Lipinski definition) is 1. The van der Waals surface area contributed by atoms with E-state index in [0.717, 1.165) is 31.4 Å². The summed E-state index contributed by atoms with van der Waals surface area (Å²) in [5.74, 6) is -1.04. The van der Waals surface area contributed by atoms with Crippen molar-refractivity contribution in [2.24, 2.45) is 5.92 Å². The average molecular weight is 352 g/mol. The number of carbonyl (C=O) groups is 1. The zero-order valence-electron chi connectivity index (χ0n) is 14.0. The van der Waals surface area contributed by atoms with Crippen molar-refractivity contribution in [3.8, 4) is 0 Å². The number of ether oxygens (including phenoxy) is 2. The molecule has 1 heterocycles. The van der Waals surface area contributed by atoms with Gasteiger partial charge in [0.15, 0.2) is 5.82 Å². The van der Waals surface area contributed by atoms with Gasteiger partial charge in [-0.1, -0.05) is 0 Å². The number of rotatable bonds is 6. The molecule has 1 saturated heterocycles. The first kappa shape index (κ1) is 17.6. The smallest absolute Gasteiger partial charge is 0.340 e. The standard InChI is InChI=1S/C17H21FN2O5/c1-2-24-17(21)13-8-12(20(22)23)9-14(18)16(13)19-11-5-6-25-15(7-11)10-3-4-10/h8-11,15,19H,2-7H2,1H3. The van der Waals surface area contributed by atoms with E-state index in [4.69, 9.17) is 9.47 Å². The monoisotopic (exact) mass is 352 g/mol. The number of halogens is 1. The van der Waals surface area contributed by atoms with Gasteiger partial charge in [-0.15, -0.1) is 0 Å². The van der Waals surface area contributed by atoms with Crippen LogP contribution in [0, 0.1) is 21.8 Å². The van der Waals surface area contributed by atoms with E-state index in [1.165, 1.54) is 0 Å². The molecule has 0 spiro atoms. The van der Waals surface area contributed by atoms with Crippen LogP contribution in [-0.4, -0.2) is 36.3 Å². The third kappa shape index (κ3) is 4.07. The van der Waals surface area contributed by atoms with Gasteiger partial charge in [0.25, 0.3) is 5.69 Å². The summed E-state index contributed by atoms with van der Waals surface area (Å²) in [5, 5.41) is 14.0. The fourth-order valence-electron chi connectivity index (χ4n) is 3.17. The quantitative estimate of drug-likeness (QED) is 0.480.